The van der Waals surface area contributed by atoms with E-state index in [2.05, 4.69) is 71.9 Å². The quantitative estimate of drug-likeness (QED) is 0.287. The minimum atomic E-state index is -0.580. The highest BCUT2D eigenvalue weighted by Crippen LogP contribution is 2.72. The van der Waals surface area contributed by atoms with Crippen molar-refractivity contribution >= 4 is 7.92 Å². The van der Waals surface area contributed by atoms with E-state index >= 15 is 0 Å². The average Bonchev–Trinajstić information content (AvgIpc) is 3.00. The molecule has 0 heterocycles. The van der Waals surface area contributed by atoms with Crippen LogP contribution in [0, 0.1) is 5.92 Å². The van der Waals surface area contributed by atoms with Gasteiger partial charge in [-0.3, -0.25) is 0 Å². The number of allylic oxidation sites excluding steroid dienone is 1. The molecule has 43 heavy (non-hydrogen) atoms. The standard InChI is InChI=1S/C40H63O2P/c1-38(2,3)43(39(4,5)6)37-35(41-7)26-27-40(42-8,32-22-16-11-17-23-32)36(37)33-25-24-31(29-18-12-9-13-19-29)28-34(33)30-20-14-10-15-21-30/h24-30,32,36H,9-23H2,1-8H3. The Morgan fingerprint density at radius 2 is 1.21 bits per heavy atom. The van der Waals surface area contributed by atoms with Crippen molar-refractivity contribution in [3.8, 4) is 0 Å². The molecule has 0 radical (unpaired) electrons. The monoisotopic (exact) mass is 606 g/mol. The zero-order valence-corrected chi connectivity index (χ0v) is 30.0. The second-order valence-electron chi connectivity index (χ2n) is 16.3. The van der Waals surface area contributed by atoms with Gasteiger partial charge in [-0.15, -0.1) is 0 Å². The minimum absolute atomic E-state index is 0.134. The van der Waals surface area contributed by atoms with Gasteiger partial charge in [0.1, 0.15) is 11.4 Å². The first-order chi connectivity index (χ1) is 20.5. The molecule has 2 unspecified atom stereocenters. The van der Waals surface area contributed by atoms with E-state index in [1.165, 1.54) is 96.3 Å². The summed E-state index contributed by atoms with van der Waals surface area (Å²) in [4.78, 5) is 0. The largest absolute Gasteiger partial charge is 0.496 e. The molecule has 0 spiro atoms. The van der Waals surface area contributed by atoms with Gasteiger partial charge in [0.15, 0.2) is 0 Å². The molecule has 0 saturated heterocycles. The molecule has 0 amide bonds. The van der Waals surface area contributed by atoms with Gasteiger partial charge in [0.05, 0.1) is 7.11 Å². The lowest BCUT2D eigenvalue weighted by molar-refractivity contribution is -0.0449. The van der Waals surface area contributed by atoms with Gasteiger partial charge < -0.3 is 9.47 Å². The molecule has 5 rings (SSSR count). The molecule has 1 aromatic rings. The Bertz CT molecular complexity index is 1120. The maximum absolute atomic E-state index is 7.01. The van der Waals surface area contributed by atoms with E-state index in [-0.39, 0.29) is 21.8 Å². The van der Waals surface area contributed by atoms with Gasteiger partial charge in [0.2, 0.25) is 0 Å². The molecule has 3 heteroatoms. The molecule has 2 nitrogen and oxygen atoms in total. The van der Waals surface area contributed by atoms with E-state index in [1.807, 2.05) is 14.2 Å². The van der Waals surface area contributed by atoms with Gasteiger partial charge >= 0.3 is 0 Å². The van der Waals surface area contributed by atoms with Crippen molar-refractivity contribution in [3.63, 3.8) is 0 Å². The van der Waals surface area contributed by atoms with Crippen molar-refractivity contribution < 1.29 is 9.47 Å². The van der Waals surface area contributed by atoms with Gasteiger partial charge in [-0.25, -0.2) is 0 Å². The molecule has 240 valence electrons. The van der Waals surface area contributed by atoms with Crippen LogP contribution in [0.2, 0.25) is 0 Å². The van der Waals surface area contributed by atoms with Crippen LogP contribution in [0.5, 0.6) is 0 Å². The maximum Gasteiger partial charge on any atom is 0.123 e. The van der Waals surface area contributed by atoms with Crippen LogP contribution in [0.1, 0.15) is 172 Å². The van der Waals surface area contributed by atoms with Crippen LogP contribution in [0.3, 0.4) is 0 Å². The molecule has 3 saturated carbocycles. The Kier molecular flexibility index (Phi) is 10.6. The van der Waals surface area contributed by atoms with E-state index in [0.29, 0.717) is 11.8 Å². The maximum atomic E-state index is 7.01. The van der Waals surface area contributed by atoms with Crippen molar-refractivity contribution in [2.24, 2.45) is 5.92 Å². The van der Waals surface area contributed by atoms with E-state index in [9.17, 15) is 0 Å². The van der Waals surface area contributed by atoms with Crippen molar-refractivity contribution in [1.29, 1.82) is 0 Å². The normalized spacial score (nSPS) is 27.2. The smallest absolute Gasteiger partial charge is 0.123 e. The number of rotatable bonds is 7. The molecule has 3 fully saturated rings. The second-order valence-corrected chi connectivity index (χ2v) is 20.2. The topological polar surface area (TPSA) is 18.5 Å². The van der Waals surface area contributed by atoms with Crippen LogP contribution in [0.15, 0.2) is 41.4 Å². The first-order valence-corrected chi connectivity index (χ1v) is 19.3. The number of benzene rings is 1. The lowest BCUT2D eigenvalue weighted by Gasteiger charge is -2.53. The van der Waals surface area contributed by atoms with Gasteiger partial charge in [0, 0.05) is 18.3 Å². The summed E-state index contributed by atoms with van der Waals surface area (Å²) in [5.41, 5.74) is 4.49. The van der Waals surface area contributed by atoms with Gasteiger partial charge in [-0.2, -0.15) is 0 Å². The van der Waals surface area contributed by atoms with Crippen LogP contribution in [-0.4, -0.2) is 30.1 Å². The first kappa shape index (κ1) is 33.3. The fourth-order valence-corrected chi connectivity index (χ4v) is 14.3. The van der Waals surface area contributed by atoms with Gasteiger partial charge in [-0.1, -0.05) is 125 Å². The molecule has 0 aliphatic heterocycles. The highest BCUT2D eigenvalue weighted by molar-refractivity contribution is 7.65. The highest BCUT2D eigenvalue weighted by atomic mass is 31.1. The highest BCUT2D eigenvalue weighted by Gasteiger charge is 2.54. The number of ether oxygens (including phenoxy) is 2. The summed E-state index contributed by atoms with van der Waals surface area (Å²) in [6, 6.07) is 7.89. The summed E-state index contributed by atoms with van der Waals surface area (Å²) < 4.78 is 13.4. The van der Waals surface area contributed by atoms with Crippen molar-refractivity contribution in [2.75, 3.05) is 14.2 Å². The van der Waals surface area contributed by atoms with E-state index in [4.69, 9.17) is 9.47 Å². The zero-order chi connectivity index (χ0) is 30.8. The Hall–Kier alpha value is -1.11. The molecule has 2 atom stereocenters. The second kappa shape index (κ2) is 13.7. The van der Waals surface area contributed by atoms with E-state index in [0.717, 1.165) is 11.7 Å². The molecule has 0 aromatic heterocycles. The zero-order valence-electron chi connectivity index (χ0n) is 29.1. The van der Waals surface area contributed by atoms with Crippen molar-refractivity contribution in [1.82, 2.24) is 0 Å². The summed E-state index contributed by atoms with van der Waals surface area (Å²) in [6.45, 7) is 14.9. The van der Waals surface area contributed by atoms with E-state index in [1.54, 1.807) is 22.0 Å². The Balaban J connectivity index is 1.78. The molecular weight excluding hydrogens is 543 g/mol. The fourth-order valence-electron chi connectivity index (χ4n) is 9.87. The summed E-state index contributed by atoms with van der Waals surface area (Å²) in [5, 5.41) is 1.82. The van der Waals surface area contributed by atoms with Gasteiger partial charge in [0.25, 0.3) is 0 Å². The Labute approximate surface area is 266 Å². The lowest BCUT2D eigenvalue weighted by Crippen LogP contribution is -2.48. The predicted octanol–water partition coefficient (Wildman–Crippen LogP) is 12.3. The third-order valence-corrected chi connectivity index (χ3v) is 15.1. The number of hydrogen-bond acceptors (Lipinski definition) is 2. The third-order valence-electron chi connectivity index (χ3n) is 11.4. The fraction of sp³-hybridized carbons (Fsp3) is 0.750. The molecule has 4 aliphatic carbocycles. The Morgan fingerprint density at radius 3 is 1.72 bits per heavy atom. The van der Waals surface area contributed by atoms with E-state index < -0.39 is 7.92 Å². The van der Waals surface area contributed by atoms with Crippen LogP contribution in [-0.2, 0) is 9.47 Å². The van der Waals surface area contributed by atoms with Crippen LogP contribution >= 0.6 is 7.92 Å². The summed E-state index contributed by atoms with van der Waals surface area (Å²) >= 11 is 0. The molecule has 4 aliphatic rings. The van der Waals surface area contributed by atoms with Crippen LogP contribution in [0.4, 0.5) is 0 Å². The first-order valence-electron chi connectivity index (χ1n) is 18.0. The van der Waals surface area contributed by atoms with Crippen LogP contribution < -0.4 is 0 Å². The average molecular weight is 607 g/mol. The number of methoxy groups -OCH3 is 2. The summed E-state index contributed by atoms with van der Waals surface area (Å²) in [7, 11) is 3.35. The molecular formula is C40H63O2P. The third kappa shape index (κ3) is 6.87. The summed E-state index contributed by atoms with van der Waals surface area (Å²) in [6.07, 6.45) is 25.0. The molecule has 0 N–H and O–H groups in total. The molecule has 1 aromatic carbocycles. The van der Waals surface area contributed by atoms with Crippen LogP contribution in [0.25, 0.3) is 0 Å². The predicted molar refractivity (Wildman–Crippen MR) is 187 cm³/mol. The minimum Gasteiger partial charge on any atom is -0.496 e. The molecule has 0 bridgehead atoms. The Morgan fingerprint density at radius 1 is 0.674 bits per heavy atom. The summed E-state index contributed by atoms with van der Waals surface area (Å²) in [5.74, 6) is 3.20. The van der Waals surface area contributed by atoms with Crippen molar-refractivity contribution in [3.05, 3.63) is 58.1 Å². The van der Waals surface area contributed by atoms with Gasteiger partial charge in [-0.05, 0) is 95.4 Å². The van der Waals surface area contributed by atoms with Crippen molar-refractivity contribution in [2.45, 2.75) is 172 Å². The SMILES string of the molecule is COC1=C(P(C(C)(C)C)C(C)(C)C)C(c2ccc(C3CCCCC3)cc2C2CCCCC2)C(OC)(C2CCCCC2)C=C1. The lowest BCUT2D eigenvalue weighted by atomic mass is 9.64. The number of hydrogen-bond donors (Lipinski definition) is 0.